The van der Waals surface area contributed by atoms with Crippen LogP contribution in [0.1, 0.15) is 43.7 Å². The topological polar surface area (TPSA) is 111 Å². The molecule has 4 rings (SSSR count). The minimum Gasteiger partial charge on any atom is -0.467 e. The second kappa shape index (κ2) is 7.76. The smallest absolute Gasteiger partial charge is 0.330 e. The summed E-state index contributed by atoms with van der Waals surface area (Å²) in [6.45, 7) is 1.31. The minimum absolute atomic E-state index is 0.120. The Bertz CT molecular complexity index is 1080. The lowest BCUT2D eigenvalue weighted by atomic mass is 9.92. The Hall–Kier alpha value is -2.44. The lowest BCUT2D eigenvalue weighted by molar-refractivity contribution is -0.145. The van der Waals surface area contributed by atoms with Gasteiger partial charge >= 0.3 is 5.97 Å². The van der Waals surface area contributed by atoms with Crippen LogP contribution in [0.15, 0.2) is 23.2 Å². The highest BCUT2D eigenvalue weighted by Crippen LogP contribution is 2.38. The largest absolute Gasteiger partial charge is 0.467 e. The van der Waals surface area contributed by atoms with Crippen LogP contribution in [-0.4, -0.2) is 49.7 Å². The molecule has 0 N–H and O–H groups in total. The highest BCUT2D eigenvalue weighted by atomic mass is 32.2. The van der Waals surface area contributed by atoms with Crippen molar-refractivity contribution in [2.45, 2.75) is 48.3 Å². The zero-order valence-electron chi connectivity index (χ0n) is 16.2. The fourth-order valence-electron chi connectivity index (χ4n) is 3.95. The Morgan fingerprint density at radius 3 is 2.69 bits per heavy atom. The van der Waals surface area contributed by atoms with E-state index in [1.54, 1.807) is 6.07 Å². The predicted octanol–water partition coefficient (Wildman–Crippen LogP) is 2.37. The van der Waals surface area contributed by atoms with Gasteiger partial charge in [-0.3, -0.25) is 4.68 Å². The lowest BCUT2D eigenvalue weighted by Gasteiger charge is -2.26. The molecule has 1 aliphatic carbocycles. The Balaban J connectivity index is 1.81. The van der Waals surface area contributed by atoms with Gasteiger partial charge in [-0.25, -0.2) is 13.2 Å². The third-order valence-corrected chi connectivity index (χ3v) is 8.04. The molecular formula is C20H23N3O5S. The van der Waals surface area contributed by atoms with E-state index >= 15 is 0 Å². The molecule has 2 aromatic rings. The number of hydrogen-bond acceptors (Lipinski definition) is 7. The van der Waals surface area contributed by atoms with Gasteiger partial charge in [-0.2, -0.15) is 10.4 Å². The normalized spacial score (nSPS) is 19.0. The van der Waals surface area contributed by atoms with E-state index in [0.717, 1.165) is 12.8 Å². The van der Waals surface area contributed by atoms with Crippen molar-refractivity contribution < 1.29 is 22.7 Å². The van der Waals surface area contributed by atoms with Gasteiger partial charge in [-0.15, -0.1) is 0 Å². The van der Waals surface area contributed by atoms with Crippen molar-refractivity contribution in [2.24, 2.45) is 5.92 Å². The third kappa shape index (κ3) is 3.74. The van der Waals surface area contributed by atoms with Crippen LogP contribution in [0.3, 0.4) is 0 Å². The van der Waals surface area contributed by atoms with E-state index in [2.05, 4.69) is 5.10 Å². The fourth-order valence-corrected chi connectivity index (χ4v) is 5.82. The SMILES string of the molecule is COC(=O)C(CC1CCOCC1)n1ncc2c(S(=O)(=O)C3CC3)cc(C#N)cc21. The van der Waals surface area contributed by atoms with Crippen molar-refractivity contribution in [1.29, 1.82) is 5.26 Å². The molecule has 1 saturated heterocycles. The van der Waals surface area contributed by atoms with Gasteiger partial charge in [0.1, 0.15) is 6.04 Å². The van der Waals surface area contributed by atoms with Gasteiger partial charge < -0.3 is 9.47 Å². The molecule has 2 fully saturated rings. The second-order valence-corrected chi connectivity index (χ2v) is 9.88. The van der Waals surface area contributed by atoms with E-state index in [9.17, 15) is 18.5 Å². The maximum Gasteiger partial charge on any atom is 0.330 e. The summed E-state index contributed by atoms with van der Waals surface area (Å²) in [4.78, 5) is 12.7. The number of fused-ring (bicyclic) bond motifs is 1. The summed E-state index contributed by atoms with van der Waals surface area (Å²) in [6, 6.07) is 4.35. The highest BCUT2D eigenvalue weighted by Gasteiger charge is 2.39. The molecule has 29 heavy (non-hydrogen) atoms. The number of esters is 1. The van der Waals surface area contributed by atoms with Crippen LogP contribution in [0.5, 0.6) is 0 Å². The monoisotopic (exact) mass is 417 g/mol. The molecule has 1 aromatic heterocycles. The summed E-state index contributed by atoms with van der Waals surface area (Å²) in [6.07, 6.45) is 4.95. The Kier molecular flexibility index (Phi) is 5.32. The molecule has 0 amide bonds. The van der Waals surface area contributed by atoms with Gasteiger partial charge in [0.05, 0.1) is 40.6 Å². The summed E-state index contributed by atoms with van der Waals surface area (Å²) in [5.74, 6) is -0.156. The number of methoxy groups -OCH3 is 1. The van der Waals surface area contributed by atoms with Crippen molar-refractivity contribution in [1.82, 2.24) is 9.78 Å². The molecule has 1 unspecified atom stereocenters. The zero-order chi connectivity index (χ0) is 20.6. The van der Waals surface area contributed by atoms with Gasteiger partial charge in [0.15, 0.2) is 9.84 Å². The first kappa shape index (κ1) is 19.9. The minimum atomic E-state index is -3.53. The first-order valence-corrected chi connectivity index (χ1v) is 11.3. The van der Waals surface area contributed by atoms with Gasteiger partial charge in [0.25, 0.3) is 0 Å². The van der Waals surface area contributed by atoms with Crippen molar-refractivity contribution >= 4 is 26.7 Å². The Morgan fingerprint density at radius 2 is 2.07 bits per heavy atom. The summed E-state index contributed by atoms with van der Waals surface area (Å²) >= 11 is 0. The number of benzene rings is 1. The number of rotatable bonds is 6. The van der Waals surface area contributed by atoms with E-state index in [0.29, 0.717) is 43.4 Å². The molecule has 1 aliphatic heterocycles. The summed E-state index contributed by atoms with van der Waals surface area (Å²) < 4.78 is 37.8. The molecule has 1 aromatic carbocycles. The third-order valence-electron chi connectivity index (χ3n) is 5.74. The standard InChI is InChI=1S/C20H23N3O5S/c1-27-20(24)18(8-13-4-6-28-7-5-13)23-17-9-14(11-21)10-19(16(17)12-22-23)29(25,26)15-2-3-15/h9-10,12-13,15,18H,2-8H2,1H3. The van der Waals surface area contributed by atoms with E-state index < -0.39 is 27.1 Å². The number of carbonyl (C=O) groups excluding carboxylic acids is 1. The van der Waals surface area contributed by atoms with Crippen molar-refractivity contribution in [3.63, 3.8) is 0 Å². The first-order valence-electron chi connectivity index (χ1n) is 9.76. The molecule has 1 saturated carbocycles. The number of hydrogen-bond donors (Lipinski definition) is 0. The number of ether oxygens (including phenoxy) is 2. The average molecular weight is 417 g/mol. The molecule has 9 heteroatoms. The quantitative estimate of drug-likeness (QED) is 0.663. The van der Waals surface area contributed by atoms with Crippen molar-refractivity contribution in [2.75, 3.05) is 20.3 Å². The summed E-state index contributed by atoms with van der Waals surface area (Å²) in [5.41, 5.74) is 0.693. The van der Waals surface area contributed by atoms with E-state index in [-0.39, 0.29) is 16.4 Å². The van der Waals surface area contributed by atoms with Crippen LogP contribution in [0.2, 0.25) is 0 Å². The predicted molar refractivity (Wildman–Crippen MR) is 104 cm³/mol. The highest BCUT2D eigenvalue weighted by molar-refractivity contribution is 7.92. The van der Waals surface area contributed by atoms with E-state index in [1.165, 1.54) is 24.1 Å². The maximum atomic E-state index is 12.9. The second-order valence-electron chi connectivity index (χ2n) is 7.68. The van der Waals surface area contributed by atoms with Crippen molar-refractivity contribution in [3.05, 3.63) is 23.9 Å². The molecule has 1 atom stereocenters. The first-order chi connectivity index (χ1) is 14.0. The number of aromatic nitrogens is 2. The van der Waals surface area contributed by atoms with Crippen LogP contribution >= 0.6 is 0 Å². The van der Waals surface area contributed by atoms with Gasteiger partial charge in [0, 0.05) is 18.6 Å². The molecule has 8 nitrogen and oxygen atoms in total. The molecule has 0 bridgehead atoms. The molecule has 2 heterocycles. The van der Waals surface area contributed by atoms with E-state index in [4.69, 9.17) is 9.47 Å². The molecule has 0 spiro atoms. The van der Waals surface area contributed by atoms with Crippen LogP contribution < -0.4 is 0 Å². The molecular weight excluding hydrogens is 394 g/mol. The maximum absolute atomic E-state index is 12.9. The Morgan fingerprint density at radius 1 is 1.34 bits per heavy atom. The van der Waals surface area contributed by atoms with Crippen LogP contribution in [-0.2, 0) is 24.1 Å². The summed E-state index contributed by atoms with van der Waals surface area (Å²) in [5, 5.41) is 13.9. The molecule has 0 radical (unpaired) electrons. The Labute approximate surface area is 169 Å². The number of sulfone groups is 1. The van der Waals surface area contributed by atoms with Crippen LogP contribution in [0.4, 0.5) is 0 Å². The molecule has 154 valence electrons. The summed E-state index contributed by atoms with van der Waals surface area (Å²) in [7, 11) is -2.20. The van der Waals surface area contributed by atoms with Gasteiger partial charge in [-0.05, 0) is 50.2 Å². The van der Waals surface area contributed by atoms with Crippen LogP contribution in [0.25, 0.3) is 10.9 Å². The zero-order valence-corrected chi connectivity index (χ0v) is 17.0. The molecule has 2 aliphatic rings. The van der Waals surface area contributed by atoms with Gasteiger partial charge in [-0.1, -0.05) is 0 Å². The van der Waals surface area contributed by atoms with Crippen LogP contribution in [0, 0.1) is 17.2 Å². The van der Waals surface area contributed by atoms with Gasteiger partial charge in [0.2, 0.25) is 0 Å². The number of nitrogens with zero attached hydrogens (tertiary/aromatic N) is 3. The van der Waals surface area contributed by atoms with Crippen molar-refractivity contribution in [3.8, 4) is 6.07 Å². The number of nitriles is 1. The van der Waals surface area contributed by atoms with E-state index in [1.807, 2.05) is 6.07 Å². The lowest BCUT2D eigenvalue weighted by Crippen LogP contribution is -2.27. The fraction of sp³-hybridized carbons (Fsp3) is 0.550. The number of carbonyl (C=O) groups is 1. The average Bonchev–Trinajstić information content (AvgIpc) is 3.52.